The van der Waals surface area contributed by atoms with Gasteiger partial charge in [-0.15, -0.1) is 0 Å². The SMILES string of the molecule is COc1c(N2CCC(C(C)(C)N)C2)ccc2c(=O)c(C(=O)O)cn(C3CC3)c12. The maximum absolute atomic E-state index is 12.8. The van der Waals surface area contributed by atoms with E-state index < -0.39 is 11.4 Å². The van der Waals surface area contributed by atoms with Crippen LogP contribution in [0.5, 0.6) is 5.75 Å². The second-order valence-corrected chi connectivity index (χ2v) is 8.58. The van der Waals surface area contributed by atoms with E-state index in [1.54, 1.807) is 13.2 Å². The zero-order valence-corrected chi connectivity index (χ0v) is 16.6. The predicted molar refractivity (Wildman–Crippen MR) is 109 cm³/mol. The number of rotatable bonds is 5. The van der Waals surface area contributed by atoms with Crippen molar-refractivity contribution in [2.24, 2.45) is 11.7 Å². The minimum atomic E-state index is -1.20. The van der Waals surface area contributed by atoms with Gasteiger partial charge in [-0.25, -0.2) is 4.79 Å². The van der Waals surface area contributed by atoms with E-state index in [2.05, 4.69) is 18.7 Å². The number of anilines is 1. The van der Waals surface area contributed by atoms with Crippen LogP contribution >= 0.6 is 0 Å². The molecule has 1 aromatic carbocycles. The molecule has 4 rings (SSSR count). The molecule has 150 valence electrons. The minimum Gasteiger partial charge on any atom is -0.492 e. The number of carboxylic acid groups (broad SMARTS) is 1. The number of carboxylic acids is 1. The van der Waals surface area contributed by atoms with Crippen LogP contribution in [0, 0.1) is 5.92 Å². The normalized spacial score (nSPS) is 20.0. The molecule has 1 saturated carbocycles. The Morgan fingerprint density at radius 1 is 1.29 bits per heavy atom. The molecule has 1 aliphatic carbocycles. The molecule has 7 nitrogen and oxygen atoms in total. The van der Waals surface area contributed by atoms with Crippen molar-refractivity contribution in [3.63, 3.8) is 0 Å². The third-order valence-corrected chi connectivity index (χ3v) is 6.08. The fourth-order valence-corrected chi connectivity index (χ4v) is 4.24. The van der Waals surface area contributed by atoms with Crippen LogP contribution in [0.25, 0.3) is 10.9 Å². The van der Waals surface area contributed by atoms with Crippen molar-refractivity contribution in [1.82, 2.24) is 4.57 Å². The summed E-state index contributed by atoms with van der Waals surface area (Å²) in [7, 11) is 1.60. The van der Waals surface area contributed by atoms with Gasteiger partial charge in [0, 0.05) is 30.9 Å². The summed E-state index contributed by atoms with van der Waals surface area (Å²) in [6.07, 6.45) is 4.42. The van der Waals surface area contributed by atoms with Crippen LogP contribution in [-0.2, 0) is 0 Å². The standard InChI is InChI=1S/C21H27N3O4/c1-21(2,22)12-8-9-23(10-12)16-7-6-14-17(19(16)28-3)24(13-4-5-13)11-15(18(14)25)20(26)27/h6-7,11-13H,4-5,8-10,22H2,1-3H3,(H,26,27). The fourth-order valence-electron chi connectivity index (χ4n) is 4.24. The quantitative estimate of drug-likeness (QED) is 0.821. The number of carbonyl (C=O) groups is 1. The minimum absolute atomic E-state index is 0.194. The molecular weight excluding hydrogens is 358 g/mol. The summed E-state index contributed by atoms with van der Waals surface area (Å²) in [5.41, 5.74) is 7.02. The number of aromatic carboxylic acids is 1. The van der Waals surface area contributed by atoms with Crippen molar-refractivity contribution in [3.05, 3.63) is 34.1 Å². The summed E-state index contributed by atoms with van der Waals surface area (Å²) < 4.78 is 7.71. The average molecular weight is 385 g/mol. The molecule has 1 atom stereocenters. The van der Waals surface area contributed by atoms with E-state index in [9.17, 15) is 14.7 Å². The van der Waals surface area contributed by atoms with Gasteiger partial charge in [-0.3, -0.25) is 4.79 Å². The smallest absolute Gasteiger partial charge is 0.341 e. The van der Waals surface area contributed by atoms with Crippen LogP contribution in [0.2, 0.25) is 0 Å². The molecule has 0 radical (unpaired) electrons. The number of pyridine rings is 1. The molecule has 1 aromatic heterocycles. The third-order valence-electron chi connectivity index (χ3n) is 6.08. The van der Waals surface area contributed by atoms with Gasteiger partial charge in [0.05, 0.1) is 23.7 Å². The van der Waals surface area contributed by atoms with Gasteiger partial charge in [0.15, 0.2) is 5.75 Å². The number of hydrogen-bond acceptors (Lipinski definition) is 5. The molecule has 1 aliphatic heterocycles. The first-order valence-corrected chi connectivity index (χ1v) is 9.75. The molecule has 0 amide bonds. The number of ether oxygens (including phenoxy) is 1. The van der Waals surface area contributed by atoms with Crippen LogP contribution in [0.3, 0.4) is 0 Å². The molecule has 2 aliphatic rings. The molecule has 2 fully saturated rings. The summed E-state index contributed by atoms with van der Waals surface area (Å²) in [4.78, 5) is 26.6. The third kappa shape index (κ3) is 3.03. The van der Waals surface area contributed by atoms with Crippen LogP contribution in [0.4, 0.5) is 5.69 Å². The predicted octanol–water partition coefficient (Wildman–Crippen LogP) is 2.61. The Morgan fingerprint density at radius 2 is 2.00 bits per heavy atom. The zero-order valence-electron chi connectivity index (χ0n) is 16.6. The van der Waals surface area contributed by atoms with Gasteiger partial charge in [0.2, 0.25) is 5.43 Å². The van der Waals surface area contributed by atoms with Gasteiger partial charge in [0.25, 0.3) is 0 Å². The van der Waals surface area contributed by atoms with Crippen LogP contribution in [0.15, 0.2) is 23.1 Å². The Kier molecular flexibility index (Phi) is 4.38. The maximum atomic E-state index is 12.8. The van der Waals surface area contributed by atoms with Crippen molar-refractivity contribution in [2.75, 3.05) is 25.1 Å². The van der Waals surface area contributed by atoms with E-state index >= 15 is 0 Å². The maximum Gasteiger partial charge on any atom is 0.341 e. The highest BCUT2D eigenvalue weighted by atomic mass is 16.5. The number of benzene rings is 1. The molecule has 3 N–H and O–H groups in total. The number of nitrogens with zero attached hydrogens (tertiary/aromatic N) is 2. The highest BCUT2D eigenvalue weighted by Gasteiger charge is 2.35. The topological polar surface area (TPSA) is 97.8 Å². The lowest BCUT2D eigenvalue weighted by Gasteiger charge is -2.28. The van der Waals surface area contributed by atoms with E-state index in [0.29, 0.717) is 22.6 Å². The number of aromatic nitrogens is 1. The van der Waals surface area contributed by atoms with Crippen molar-refractivity contribution >= 4 is 22.6 Å². The monoisotopic (exact) mass is 385 g/mol. The van der Waals surface area contributed by atoms with Gasteiger partial charge in [-0.05, 0) is 51.2 Å². The number of methoxy groups -OCH3 is 1. The average Bonchev–Trinajstić information content (AvgIpc) is 3.35. The molecule has 28 heavy (non-hydrogen) atoms. The lowest BCUT2D eigenvalue weighted by Crippen LogP contribution is -2.42. The molecule has 2 heterocycles. The Hall–Kier alpha value is -2.54. The fraction of sp³-hybridized carbons (Fsp3) is 0.524. The van der Waals surface area contributed by atoms with Crippen molar-refractivity contribution in [3.8, 4) is 5.75 Å². The van der Waals surface area contributed by atoms with Crippen molar-refractivity contribution < 1.29 is 14.6 Å². The van der Waals surface area contributed by atoms with Crippen LogP contribution in [-0.4, -0.2) is 41.4 Å². The van der Waals surface area contributed by atoms with Gasteiger partial charge < -0.3 is 25.0 Å². The Labute approximate surface area is 163 Å². The van der Waals surface area contributed by atoms with Crippen molar-refractivity contribution in [1.29, 1.82) is 0 Å². The highest BCUT2D eigenvalue weighted by Crippen LogP contribution is 2.43. The largest absolute Gasteiger partial charge is 0.492 e. The molecule has 2 aromatic rings. The molecule has 0 bridgehead atoms. The summed E-state index contributed by atoms with van der Waals surface area (Å²) >= 11 is 0. The van der Waals surface area contributed by atoms with Gasteiger partial charge in [-0.2, -0.15) is 0 Å². The van der Waals surface area contributed by atoms with Crippen LogP contribution in [0.1, 0.15) is 49.5 Å². The van der Waals surface area contributed by atoms with Gasteiger partial charge in [0.1, 0.15) is 5.56 Å². The van der Waals surface area contributed by atoms with E-state index in [1.807, 2.05) is 10.6 Å². The molecule has 0 spiro atoms. The van der Waals surface area contributed by atoms with Gasteiger partial charge in [-0.1, -0.05) is 0 Å². The van der Waals surface area contributed by atoms with Gasteiger partial charge >= 0.3 is 5.97 Å². The van der Waals surface area contributed by atoms with Crippen molar-refractivity contribution in [2.45, 2.75) is 44.7 Å². The summed E-state index contributed by atoms with van der Waals surface area (Å²) in [6, 6.07) is 3.82. The second kappa shape index (κ2) is 6.51. The molecule has 7 heteroatoms. The summed E-state index contributed by atoms with van der Waals surface area (Å²) in [6.45, 7) is 5.80. The molecular formula is C21H27N3O4. The number of nitrogens with two attached hydrogens (primary N) is 1. The summed E-state index contributed by atoms with van der Waals surface area (Å²) in [5, 5.41) is 9.84. The second-order valence-electron chi connectivity index (χ2n) is 8.58. The summed E-state index contributed by atoms with van der Waals surface area (Å²) in [5.74, 6) is -0.196. The first-order valence-electron chi connectivity index (χ1n) is 9.75. The Morgan fingerprint density at radius 3 is 2.54 bits per heavy atom. The van der Waals surface area contributed by atoms with E-state index in [0.717, 1.165) is 38.0 Å². The molecule has 1 unspecified atom stereocenters. The zero-order chi connectivity index (χ0) is 20.2. The Bertz CT molecular complexity index is 1000. The lowest BCUT2D eigenvalue weighted by atomic mass is 9.88. The van der Waals surface area contributed by atoms with E-state index in [1.165, 1.54) is 6.20 Å². The number of hydrogen-bond donors (Lipinski definition) is 2. The first kappa shape index (κ1) is 18.8. The number of fused-ring (bicyclic) bond motifs is 1. The van der Waals surface area contributed by atoms with E-state index in [4.69, 9.17) is 10.5 Å². The van der Waals surface area contributed by atoms with Crippen LogP contribution < -0.4 is 20.8 Å². The highest BCUT2D eigenvalue weighted by molar-refractivity contribution is 5.97. The molecule has 1 saturated heterocycles. The van der Waals surface area contributed by atoms with E-state index in [-0.39, 0.29) is 17.1 Å². The lowest BCUT2D eigenvalue weighted by molar-refractivity contribution is 0.0695. The first-order chi connectivity index (χ1) is 13.2. The Balaban J connectivity index is 1.89.